The molecule has 5 nitrogen and oxygen atoms in total. The third kappa shape index (κ3) is 4.10. The highest BCUT2D eigenvalue weighted by Gasteiger charge is 2.16. The Bertz CT molecular complexity index is 496. The van der Waals surface area contributed by atoms with Gasteiger partial charge in [-0.2, -0.15) is 0 Å². The summed E-state index contributed by atoms with van der Waals surface area (Å²) in [5, 5.41) is 8.81. The summed E-state index contributed by atoms with van der Waals surface area (Å²) in [5.41, 5.74) is 0. The van der Waals surface area contributed by atoms with Crippen LogP contribution in [0.2, 0.25) is 0 Å². The first-order chi connectivity index (χ1) is 7.83. The number of nitrogens with one attached hydrogen (secondary N) is 1. The maximum Gasteiger partial charge on any atom is 0.240 e. The molecule has 0 spiro atoms. The maximum absolute atomic E-state index is 11.8. The molecule has 0 bridgehead atoms. The first kappa shape index (κ1) is 14.1. The molecule has 1 rings (SSSR count). The lowest BCUT2D eigenvalue weighted by Gasteiger charge is -2.10. The molecule has 0 radical (unpaired) electrons. The Kier molecular flexibility index (Phi) is 4.67. The Morgan fingerprint density at radius 1 is 1.35 bits per heavy atom. The van der Waals surface area contributed by atoms with Crippen LogP contribution in [0.3, 0.4) is 0 Å². The molecule has 0 aromatic heterocycles. The summed E-state index contributed by atoms with van der Waals surface area (Å²) in [6, 6.07) is 5.22. The molecule has 0 fully saturated rings. The van der Waals surface area contributed by atoms with Crippen molar-refractivity contribution in [1.29, 1.82) is 0 Å². The van der Waals surface area contributed by atoms with Crippen LogP contribution in [0.5, 0.6) is 5.75 Å². The molecule has 1 aromatic carbocycles. The fourth-order valence-corrected chi connectivity index (χ4v) is 2.61. The van der Waals surface area contributed by atoms with Gasteiger partial charge in [0, 0.05) is 28.9 Å². The summed E-state index contributed by atoms with van der Waals surface area (Å²) in [7, 11) is -4.67. The van der Waals surface area contributed by atoms with E-state index < -0.39 is 20.8 Å². The second-order valence-corrected chi connectivity index (χ2v) is 7.22. The van der Waals surface area contributed by atoms with Gasteiger partial charge in [-0.15, -0.1) is 0 Å². The van der Waals surface area contributed by atoms with Crippen molar-refractivity contribution in [1.82, 2.24) is 4.72 Å². The highest BCUT2D eigenvalue weighted by atomic mass is 32.2. The van der Waals surface area contributed by atoms with Gasteiger partial charge in [0.2, 0.25) is 10.0 Å². The van der Waals surface area contributed by atoms with Gasteiger partial charge in [0.1, 0.15) is 5.75 Å². The van der Waals surface area contributed by atoms with Crippen LogP contribution >= 0.6 is 0 Å². The minimum absolute atomic E-state index is 0.00646. The fraction of sp³-hybridized carbons (Fsp3) is 0.400. The predicted octanol–water partition coefficient (Wildman–Crippen LogP) is 0.437. The zero-order valence-electron chi connectivity index (χ0n) is 9.58. The van der Waals surface area contributed by atoms with E-state index in [4.69, 9.17) is 5.11 Å². The van der Waals surface area contributed by atoms with Crippen LogP contribution in [0.1, 0.15) is 6.92 Å². The zero-order chi connectivity index (χ0) is 13.1. The van der Waals surface area contributed by atoms with Gasteiger partial charge in [-0.3, -0.25) is 4.21 Å². The highest BCUT2D eigenvalue weighted by molar-refractivity contribution is 7.89. The first-order valence-electron chi connectivity index (χ1n) is 4.94. The fourth-order valence-electron chi connectivity index (χ4n) is 1.05. The van der Waals surface area contributed by atoms with Crippen molar-refractivity contribution < 1.29 is 17.7 Å². The second kappa shape index (κ2) is 5.61. The van der Waals surface area contributed by atoms with Gasteiger partial charge >= 0.3 is 0 Å². The largest absolute Gasteiger partial charge is 0.508 e. The van der Waals surface area contributed by atoms with Crippen LogP contribution in [-0.4, -0.2) is 35.8 Å². The van der Waals surface area contributed by atoms with Gasteiger partial charge in [0.25, 0.3) is 0 Å². The van der Waals surface area contributed by atoms with E-state index in [-0.39, 0.29) is 22.4 Å². The quantitative estimate of drug-likeness (QED) is 0.818. The van der Waals surface area contributed by atoms with E-state index in [2.05, 4.69) is 4.72 Å². The average molecular weight is 277 g/mol. The number of sulfonamides is 1. The van der Waals surface area contributed by atoms with E-state index in [0.717, 1.165) is 0 Å². The molecular formula is C10H15NO4S2. The van der Waals surface area contributed by atoms with E-state index in [0.29, 0.717) is 0 Å². The van der Waals surface area contributed by atoms with Gasteiger partial charge < -0.3 is 5.11 Å². The molecule has 0 saturated heterocycles. The Balaban J connectivity index is 2.76. The molecule has 0 heterocycles. The Morgan fingerprint density at radius 2 is 1.88 bits per heavy atom. The number of hydrogen-bond acceptors (Lipinski definition) is 4. The molecule has 1 aromatic rings. The molecule has 0 aliphatic heterocycles. The lowest BCUT2D eigenvalue weighted by molar-refractivity contribution is 0.474. The van der Waals surface area contributed by atoms with Crippen molar-refractivity contribution in [2.24, 2.45) is 0 Å². The van der Waals surface area contributed by atoms with Crippen LogP contribution in [-0.2, 0) is 20.8 Å². The molecule has 0 amide bonds. The summed E-state index contributed by atoms with van der Waals surface area (Å²) < 4.78 is 37.0. The van der Waals surface area contributed by atoms with Crippen LogP contribution in [0.25, 0.3) is 0 Å². The molecule has 17 heavy (non-hydrogen) atoms. The smallest absolute Gasteiger partial charge is 0.240 e. The summed E-state index contributed by atoms with van der Waals surface area (Å²) in [4.78, 5) is 0.0735. The summed E-state index contributed by atoms with van der Waals surface area (Å²) in [6.07, 6.45) is 1.53. The number of hydrogen-bond donors (Lipinski definition) is 2. The van der Waals surface area contributed by atoms with Crippen molar-refractivity contribution in [3.63, 3.8) is 0 Å². The average Bonchev–Trinajstić information content (AvgIpc) is 2.26. The third-order valence-electron chi connectivity index (χ3n) is 2.27. The van der Waals surface area contributed by atoms with Crippen LogP contribution in [0, 0.1) is 0 Å². The number of aromatic hydroxyl groups is 1. The molecule has 2 N–H and O–H groups in total. The number of phenolic OH excluding ortho intramolecular Hbond substituents is 1. The topological polar surface area (TPSA) is 83.5 Å². The first-order valence-corrected chi connectivity index (χ1v) is 8.04. The van der Waals surface area contributed by atoms with Crippen LogP contribution < -0.4 is 4.72 Å². The molecular weight excluding hydrogens is 262 g/mol. The lowest BCUT2D eigenvalue weighted by atomic mass is 10.3. The lowest BCUT2D eigenvalue weighted by Crippen LogP contribution is -2.32. The van der Waals surface area contributed by atoms with E-state index in [1.54, 1.807) is 6.92 Å². The summed E-state index contributed by atoms with van der Waals surface area (Å²) >= 11 is 0. The van der Waals surface area contributed by atoms with Gasteiger partial charge in [-0.05, 0) is 31.2 Å². The van der Waals surface area contributed by atoms with Crippen molar-refractivity contribution >= 4 is 20.8 Å². The van der Waals surface area contributed by atoms with E-state index in [9.17, 15) is 12.6 Å². The van der Waals surface area contributed by atoms with Gasteiger partial charge in [-0.25, -0.2) is 13.1 Å². The molecule has 0 aliphatic rings. The molecule has 96 valence electrons. The number of rotatable bonds is 5. The molecule has 7 heteroatoms. The zero-order valence-corrected chi connectivity index (χ0v) is 11.2. The van der Waals surface area contributed by atoms with Crippen LogP contribution in [0.15, 0.2) is 29.2 Å². The maximum atomic E-state index is 11.8. The van der Waals surface area contributed by atoms with E-state index in [1.807, 2.05) is 0 Å². The third-order valence-corrected chi connectivity index (χ3v) is 5.01. The molecule has 0 saturated carbocycles. The van der Waals surface area contributed by atoms with Gasteiger partial charge in [-0.1, -0.05) is 0 Å². The SMILES string of the molecule is CC(CNS(=O)(=O)c1ccc(O)cc1)S(C)=O. The van der Waals surface area contributed by atoms with Gasteiger partial charge in [0.05, 0.1) is 4.90 Å². The summed E-state index contributed by atoms with van der Waals surface area (Å²) in [6.45, 7) is 1.82. The minimum Gasteiger partial charge on any atom is -0.508 e. The highest BCUT2D eigenvalue weighted by Crippen LogP contribution is 2.14. The van der Waals surface area contributed by atoms with Crippen LogP contribution in [0.4, 0.5) is 0 Å². The van der Waals surface area contributed by atoms with Crippen molar-refractivity contribution in [3.05, 3.63) is 24.3 Å². The normalized spacial score (nSPS) is 15.4. The Labute approximate surface area is 103 Å². The van der Waals surface area contributed by atoms with Crippen molar-refractivity contribution in [2.45, 2.75) is 17.1 Å². The number of benzene rings is 1. The van der Waals surface area contributed by atoms with E-state index in [1.165, 1.54) is 30.5 Å². The van der Waals surface area contributed by atoms with E-state index >= 15 is 0 Å². The predicted molar refractivity (Wildman–Crippen MR) is 66.8 cm³/mol. The second-order valence-electron chi connectivity index (χ2n) is 3.66. The van der Waals surface area contributed by atoms with Crippen molar-refractivity contribution in [3.8, 4) is 5.75 Å². The molecule has 2 atom stereocenters. The Morgan fingerprint density at radius 3 is 2.35 bits per heavy atom. The summed E-state index contributed by atoms with van der Waals surface area (Å²) in [5.74, 6) is 0.00646. The molecule has 0 aliphatic carbocycles. The monoisotopic (exact) mass is 277 g/mol. The van der Waals surface area contributed by atoms with Gasteiger partial charge in [0.15, 0.2) is 0 Å². The number of phenols is 1. The molecule has 2 unspecified atom stereocenters. The minimum atomic E-state index is -3.60. The Hall–Kier alpha value is -0.920. The van der Waals surface area contributed by atoms with Crippen molar-refractivity contribution in [2.75, 3.05) is 12.8 Å². The standard InChI is InChI=1S/C10H15NO4S2/c1-8(16(2)13)7-11-17(14,15)10-5-3-9(12)4-6-10/h3-6,8,11-12H,7H2,1-2H3.